The Morgan fingerprint density at radius 3 is 2.50 bits per heavy atom. The van der Waals surface area contributed by atoms with Crippen LogP contribution in [0.4, 0.5) is 5.95 Å². The fourth-order valence-electron chi connectivity index (χ4n) is 1.76. The van der Waals surface area contributed by atoms with Crippen molar-refractivity contribution in [2.45, 2.75) is 39.0 Å². The average molecular weight is 249 g/mol. The minimum Gasteiger partial charge on any atom is -0.481 e. The van der Waals surface area contributed by atoms with Crippen molar-refractivity contribution in [2.24, 2.45) is 5.41 Å². The summed E-state index contributed by atoms with van der Waals surface area (Å²) in [4.78, 5) is 19.4. The molecule has 0 atom stereocenters. The molecule has 5 heteroatoms. The van der Waals surface area contributed by atoms with Crippen molar-refractivity contribution in [3.05, 3.63) is 18.0 Å². The van der Waals surface area contributed by atoms with Crippen LogP contribution in [0.2, 0.25) is 0 Å². The molecule has 98 valence electrons. The number of aliphatic carboxylic acids is 1. The highest BCUT2D eigenvalue weighted by atomic mass is 16.4. The average Bonchev–Trinajstić information content (AvgIpc) is 2.26. The maximum atomic E-state index is 11.0. The van der Waals surface area contributed by atoms with Gasteiger partial charge in [0.2, 0.25) is 5.95 Å². The Kier molecular flexibility index (Phi) is 3.50. The summed E-state index contributed by atoms with van der Waals surface area (Å²) in [6.07, 6.45) is 7.42. The smallest absolute Gasteiger partial charge is 0.310 e. The zero-order valence-electron chi connectivity index (χ0n) is 10.8. The molecule has 1 aliphatic rings. The number of carboxylic acid groups (broad SMARTS) is 1. The Hall–Kier alpha value is -1.65. The van der Waals surface area contributed by atoms with E-state index in [0.29, 0.717) is 18.4 Å². The van der Waals surface area contributed by atoms with Crippen LogP contribution in [0.1, 0.15) is 44.6 Å². The second-order valence-corrected chi connectivity index (χ2v) is 5.51. The number of hydrogen-bond donors (Lipinski definition) is 2. The molecule has 1 aromatic rings. The summed E-state index contributed by atoms with van der Waals surface area (Å²) < 4.78 is 0. The van der Waals surface area contributed by atoms with E-state index >= 15 is 0 Å². The predicted molar refractivity (Wildman–Crippen MR) is 68.5 cm³/mol. The monoisotopic (exact) mass is 249 g/mol. The standard InChI is InChI=1S/C13H19N3O2/c1-13(2,11(17)18)8-16-12-14-6-10(7-15-12)9-4-3-5-9/h6-7,9H,3-5,8H2,1-2H3,(H,17,18)(H,14,15,16). The molecule has 2 rings (SSSR count). The number of anilines is 1. The second-order valence-electron chi connectivity index (χ2n) is 5.51. The van der Waals surface area contributed by atoms with Gasteiger partial charge < -0.3 is 10.4 Å². The lowest BCUT2D eigenvalue weighted by Gasteiger charge is -2.25. The third-order valence-electron chi connectivity index (χ3n) is 3.52. The summed E-state index contributed by atoms with van der Waals surface area (Å²) in [6, 6.07) is 0. The van der Waals surface area contributed by atoms with Gasteiger partial charge in [-0.3, -0.25) is 4.79 Å². The Labute approximate surface area is 107 Å². The first-order valence-corrected chi connectivity index (χ1v) is 6.28. The fraction of sp³-hybridized carbons (Fsp3) is 0.615. The zero-order valence-corrected chi connectivity index (χ0v) is 10.8. The minimum atomic E-state index is -0.832. The van der Waals surface area contributed by atoms with Gasteiger partial charge in [-0.1, -0.05) is 6.42 Å². The lowest BCUT2D eigenvalue weighted by molar-refractivity contribution is -0.146. The van der Waals surface area contributed by atoms with Crippen LogP contribution in [0.15, 0.2) is 12.4 Å². The van der Waals surface area contributed by atoms with E-state index in [4.69, 9.17) is 5.11 Å². The molecule has 1 aliphatic carbocycles. The van der Waals surface area contributed by atoms with E-state index in [2.05, 4.69) is 15.3 Å². The van der Waals surface area contributed by atoms with E-state index in [-0.39, 0.29) is 0 Å². The molecule has 1 fully saturated rings. The van der Waals surface area contributed by atoms with Crippen LogP contribution in [-0.4, -0.2) is 27.6 Å². The van der Waals surface area contributed by atoms with Gasteiger partial charge in [0.25, 0.3) is 0 Å². The van der Waals surface area contributed by atoms with Crippen LogP contribution in [0.3, 0.4) is 0 Å². The molecule has 0 aromatic carbocycles. The number of carbonyl (C=O) groups is 1. The lowest BCUT2D eigenvalue weighted by Crippen LogP contribution is -2.32. The first-order valence-electron chi connectivity index (χ1n) is 6.28. The third-order valence-corrected chi connectivity index (χ3v) is 3.52. The number of aromatic nitrogens is 2. The van der Waals surface area contributed by atoms with E-state index in [9.17, 15) is 4.79 Å². The highest BCUT2D eigenvalue weighted by Gasteiger charge is 2.27. The maximum absolute atomic E-state index is 11.0. The molecule has 0 unspecified atom stereocenters. The number of hydrogen-bond acceptors (Lipinski definition) is 4. The molecule has 1 saturated carbocycles. The SMILES string of the molecule is CC(C)(CNc1ncc(C2CCC2)cn1)C(=O)O. The van der Waals surface area contributed by atoms with E-state index in [1.807, 2.05) is 12.4 Å². The molecule has 0 saturated heterocycles. The molecular weight excluding hydrogens is 230 g/mol. The van der Waals surface area contributed by atoms with Crippen LogP contribution in [0.25, 0.3) is 0 Å². The van der Waals surface area contributed by atoms with Gasteiger partial charge in [0.15, 0.2) is 0 Å². The van der Waals surface area contributed by atoms with Gasteiger partial charge in [-0.15, -0.1) is 0 Å². The van der Waals surface area contributed by atoms with Crippen molar-refractivity contribution >= 4 is 11.9 Å². The first kappa shape index (κ1) is 12.8. The molecule has 0 spiro atoms. The number of carboxylic acids is 1. The molecule has 0 amide bonds. The van der Waals surface area contributed by atoms with Crippen LogP contribution in [-0.2, 0) is 4.79 Å². The van der Waals surface area contributed by atoms with E-state index in [0.717, 1.165) is 0 Å². The van der Waals surface area contributed by atoms with Crippen LogP contribution in [0.5, 0.6) is 0 Å². The topological polar surface area (TPSA) is 75.1 Å². The number of nitrogens with zero attached hydrogens (tertiary/aromatic N) is 2. The van der Waals surface area contributed by atoms with Crippen molar-refractivity contribution in [1.29, 1.82) is 0 Å². The van der Waals surface area contributed by atoms with Crippen LogP contribution >= 0.6 is 0 Å². The largest absolute Gasteiger partial charge is 0.481 e. The van der Waals surface area contributed by atoms with E-state index in [1.54, 1.807) is 13.8 Å². The molecule has 1 heterocycles. The number of rotatable bonds is 5. The van der Waals surface area contributed by atoms with Gasteiger partial charge in [-0.2, -0.15) is 0 Å². The summed E-state index contributed by atoms with van der Waals surface area (Å²) in [7, 11) is 0. The summed E-state index contributed by atoms with van der Waals surface area (Å²) in [5, 5.41) is 12.0. The van der Waals surface area contributed by atoms with E-state index < -0.39 is 11.4 Å². The predicted octanol–water partition coefficient (Wildman–Crippen LogP) is 2.27. The summed E-state index contributed by atoms with van der Waals surface area (Å²) >= 11 is 0. The molecular formula is C13H19N3O2. The first-order chi connectivity index (χ1) is 8.49. The normalized spacial score (nSPS) is 16.1. The van der Waals surface area contributed by atoms with Gasteiger partial charge in [0.1, 0.15) is 0 Å². The third kappa shape index (κ3) is 2.78. The summed E-state index contributed by atoms with van der Waals surface area (Å²) in [5.74, 6) is 0.281. The lowest BCUT2D eigenvalue weighted by atomic mass is 9.81. The quantitative estimate of drug-likeness (QED) is 0.837. The molecule has 5 nitrogen and oxygen atoms in total. The van der Waals surface area contributed by atoms with Crippen molar-refractivity contribution in [3.8, 4) is 0 Å². The Morgan fingerprint density at radius 2 is 2.06 bits per heavy atom. The molecule has 0 radical (unpaired) electrons. The Bertz CT molecular complexity index is 424. The number of nitrogens with one attached hydrogen (secondary N) is 1. The summed E-state index contributed by atoms with van der Waals surface area (Å²) in [6.45, 7) is 3.65. The van der Waals surface area contributed by atoms with Gasteiger partial charge in [-0.25, -0.2) is 9.97 Å². The van der Waals surface area contributed by atoms with Crippen molar-refractivity contribution in [3.63, 3.8) is 0 Å². The molecule has 0 bridgehead atoms. The maximum Gasteiger partial charge on any atom is 0.310 e. The van der Waals surface area contributed by atoms with Gasteiger partial charge in [0, 0.05) is 18.9 Å². The van der Waals surface area contributed by atoms with Gasteiger partial charge in [-0.05, 0) is 38.2 Å². The highest BCUT2D eigenvalue weighted by Crippen LogP contribution is 2.35. The zero-order chi connectivity index (χ0) is 13.2. The van der Waals surface area contributed by atoms with E-state index in [1.165, 1.54) is 24.8 Å². The van der Waals surface area contributed by atoms with Gasteiger partial charge in [0.05, 0.1) is 5.41 Å². The van der Waals surface area contributed by atoms with Crippen LogP contribution in [0, 0.1) is 5.41 Å². The minimum absolute atomic E-state index is 0.311. The highest BCUT2D eigenvalue weighted by molar-refractivity contribution is 5.74. The van der Waals surface area contributed by atoms with Crippen molar-refractivity contribution in [2.75, 3.05) is 11.9 Å². The molecule has 1 aromatic heterocycles. The Morgan fingerprint density at radius 1 is 1.44 bits per heavy atom. The molecule has 2 N–H and O–H groups in total. The molecule has 18 heavy (non-hydrogen) atoms. The second kappa shape index (κ2) is 4.92. The van der Waals surface area contributed by atoms with Crippen molar-refractivity contribution < 1.29 is 9.90 Å². The Balaban J connectivity index is 1.92. The van der Waals surface area contributed by atoms with Crippen LogP contribution < -0.4 is 5.32 Å². The van der Waals surface area contributed by atoms with Crippen molar-refractivity contribution in [1.82, 2.24) is 9.97 Å². The van der Waals surface area contributed by atoms with Gasteiger partial charge >= 0.3 is 5.97 Å². The molecule has 0 aliphatic heterocycles. The summed E-state index contributed by atoms with van der Waals surface area (Å²) in [5.41, 5.74) is 0.361. The fourth-order valence-corrected chi connectivity index (χ4v) is 1.76.